The Bertz CT molecular complexity index is 234. The van der Waals surface area contributed by atoms with Gasteiger partial charge < -0.3 is 4.74 Å². The average molecular weight is 168 g/mol. The molecule has 3 nitrogen and oxygen atoms in total. The first-order valence-electron chi connectivity index (χ1n) is 4.44. The molecule has 2 fully saturated rings. The number of cyclic esters (lactones) is 2. The number of fused-ring (bicyclic) bond motifs is 1. The molecule has 2 rings (SSSR count). The highest BCUT2D eigenvalue weighted by Gasteiger charge is 2.46. The predicted octanol–water partition coefficient (Wildman–Crippen LogP) is 1.12. The fourth-order valence-electron chi connectivity index (χ4n) is 2.17. The zero-order valence-corrected chi connectivity index (χ0v) is 7.08. The summed E-state index contributed by atoms with van der Waals surface area (Å²) in [5.41, 5.74) is 0. The number of ether oxygens (including phenoxy) is 1. The molecule has 1 heterocycles. The maximum atomic E-state index is 11.1. The van der Waals surface area contributed by atoms with E-state index in [1.54, 1.807) is 0 Å². The van der Waals surface area contributed by atoms with E-state index in [2.05, 4.69) is 11.7 Å². The summed E-state index contributed by atoms with van der Waals surface area (Å²) >= 11 is 0. The highest BCUT2D eigenvalue weighted by atomic mass is 16.6. The van der Waals surface area contributed by atoms with E-state index in [1.165, 1.54) is 0 Å². The average Bonchev–Trinajstić information content (AvgIpc) is 2.28. The summed E-state index contributed by atoms with van der Waals surface area (Å²) < 4.78 is 4.58. The first-order valence-corrected chi connectivity index (χ1v) is 4.44. The maximum Gasteiger partial charge on any atom is 0.317 e. The molecule has 0 bridgehead atoms. The summed E-state index contributed by atoms with van der Waals surface area (Å²) in [6.45, 7) is 2.12. The number of rotatable bonds is 0. The Morgan fingerprint density at radius 3 is 2.58 bits per heavy atom. The summed E-state index contributed by atoms with van der Waals surface area (Å²) in [6, 6.07) is 0. The van der Waals surface area contributed by atoms with Crippen molar-refractivity contribution in [2.75, 3.05) is 0 Å². The van der Waals surface area contributed by atoms with Crippen LogP contribution in [0.4, 0.5) is 0 Å². The number of hydrogen-bond acceptors (Lipinski definition) is 3. The van der Waals surface area contributed by atoms with Crippen molar-refractivity contribution in [3.05, 3.63) is 0 Å². The van der Waals surface area contributed by atoms with Crippen LogP contribution in [-0.2, 0) is 14.3 Å². The number of hydrogen-bond donors (Lipinski definition) is 0. The largest absolute Gasteiger partial charge is 0.393 e. The number of esters is 2. The van der Waals surface area contributed by atoms with E-state index >= 15 is 0 Å². The number of carbonyl (C=O) groups is 2. The second-order valence-electron chi connectivity index (χ2n) is 3.87. The smallest absolute Gasteiger partial charge is 0.317 e. The van der Waals surface area contributed by atoms with Gasteiger partial charge in [-0.1, -0.05) is 6.92 Å². The molecule has 2 aliphatic rings. The molecule has 0 spiro atoms. The molecule has 3 atom stereocenters. The molecular weight excluding hydrogens is 156 g/mol. The second-order valence-corrected chi connectivity index (χ2v) is 3.87. The number of carbonyl (C=O) groups excluding carboxylic acids is 2. The van der Waals surface area contributed by atoms with Gasteiger partial charge in [-0.15, -0.1) is 0 Å². The van der Waals surface area contributed by atoms with Gasteiger partial charge in [-0.2, -0.15) is 0 Å². The predicted molar refractivity (Wildman–Crippen MR) is 41.1 cm³/mol. The first kappa shape index (κ1) is 7.77. The zero-order chi connectivity index (χ0) is 8.72. The lowest BCUT2D eigenvalue weighted by Crippen LogP contribution is -2.25. The van der Waals surface area contributed by atoms with Crippen LogP contribution in [0.15, 0.2) is 0 Å². The fourth-order valence-corrected chi connectivity index (χ4v) is 2.17. The minimum atomic E-state index is -0.295. The SMILES string of the molecule is CC1CC[C@@H]2C(=O)OC(=O)C2C1. The van der Waals surface area contributed by atoms with E-state index < -0.39 is 0 Å². The summed E-state index contributed by atoms with van der Waals surface area (Å²) in [5.74, 6) is -0.270. The fraction of sp³-hybridized carbons (Fsp3) is 0.778. The van der Waals surface area contributed by atoms with Crippen molar-refractivity contribution in [3.63, 3.8) is 0 Å². The lowest BCUT2D eigenvalue weighted by atomic mass is 9.76. The molecule has 66 valence electrons. The van der Waals surface area contributed by atoms with Crippen LogP contribution in [0.3, 0.4) is 0 Å². The van der Waals surface area contributed by atoms with Crippen molar-refractivity contribution in [1.29, 1.82) is 0 Å². The van der Waals surface area contributed by atoms with Gasteiger partial charge in [0.1, 0.15) is 0 Å². The third kappa shape index (κ3) is 1.04. The minimum absolute atomic E-state index is 0.117. The van der Waals surface area contributed by atoms with Gasteiger partial charge in [-0.3, -0.25) is 9.59 Å². The van der Waals surface area contributed by atoms with Gasteiger partial charge in [-0.05, 0) is 25.2 Å². The van der Waals surface area contributed by atoms with Crippen LogP contribution in [0, 0.1) is 17.8 Å². The molecule has 1 aliphatic carbocycles. The molecule has 0 aromatic carbocycles. The van der Waals surface area contributed by atoms with E-state index in [9.17, 15) is 9.59 Å². The molecule has 0 aromatic rings. The molecule has 0 radical (unpaired) electrons. The van der Waals surface area contributed by atoms with E-state index in [1.807, 2.05) is 0 Å². The van der Waals surface area contributed by atoms with Gasteiger partial charge in [0.25, 0.3) is 0 Å². The Labute approximate surface area is 71.1 Å². The Morgan fingerprint density at radius 2 is 1.83 bits per heavy atom. The molecule has 1 aliphatic heterocycles. The molecule has 2 unspecified atom stereocenters. The summed E-state index contributed by atoms with van der Waals surface area (Å²) in [5, 5.41) is 0. The van der Waals surface area contributed by atoms with E-state index in [-0.39, 0.29) is 23.8 Å². The summed E-state index contributed by atoms with van der Waals surface area (Å²) in [4.78, 5) is 22.2. The lowest BCUT2D eigenvalue weighted by Gasteiger charge is -2.24. The van der Waals surface area contributed by atoms with Gasteiger partial charge in [0.2, 0.25) is 0 Å². The van der Waals surface area contributed by atoms with Gasteiger partial charge in [-0.25, -0.2) is 0 Å². The quantitative estimate of drug-likeness (QED) is 0.402. The lowest BCUT2D eigenvalue weighted by molar-refractivity contribution is -0.153. The highest BCUT2D eigenvalue weighted by molar-refractivity contribution is 5.96. The minimum Gasteiger partial charge on any atom is -0.393 e. The Balaban J connectivity index is 2.17. The van der Waals surface area contributed by atoms with Crippen LogP contribution in [0.25, 0.3) is 0 Å². The van der Waals surface area contributed by atoms with Crippen LogP contribution in [-0.4, -0.2) is 11.9 Å². The van der Waals surface area contributed by atoms with Crippen LogP contribution in [0.1, 0.15) is 26.2 Å². The molecule has 0 aromatic heterocycles. The third-order valence-electron chi connectivity index (χ3n) is 2.92. The van der Waals surface area contributed by atoms with Crippen LogP contribution in [0.2, 0.25) is 0 Å². The van der Waals surface area contributed by atoms with E-state index in [4.69, 9.17) is 0 Å². The van der Waals surface area contributed by atoms with Gasteiger partial charge in [0.15, 0.2) is 0 Å². The molecule has 1 saturated heterocycles. The summed E-state index contributed by atoms with van der Waals surface area (Å²) in [6.07, 6.45) is 2.70. The van der Waals surface area contributed by atoms with Crippen molar-refractivity contribution in [2.45, 2.75) is 26.2 Å². The van der Waals surface area contributed by atoms with Crippen molar-refractivity contribution >= 4 is 11.9 Å². The standard InChI is InChI=1S/C9H12O3/c1-5-2-3-6-7(4-5)9(11)12-8(6)10/h5-7H,2-4H2,1H3/t5?,6-,7?/m0/s1. The molecule has 1 saturated carbocycles. The third-order valence-corrected chi connectivity index (χ3v) is 2.92. The van der Waals surface area contributed by atoms with Crippen LogP contribution in [0.5, 0.6) is 0 Å². The second kappa shape index (κ2) is 2.57. The van der Waals surface area contributed by atoms with Crippen molar-refractivity contribution in [1.82, 2.24) is 0 Å². The molecule has 3 heteroatoms. The van der Waals surface area contributed by atoms with Crippen LogP contribution >= 0.6 is 0 Å². The maximum absolute atomic E-state index is 11.1. The van der Waals surface area contributed by atoms with Gasteiger partial charge in [0.05, 0.1) is 11.8 Å². The Hall–Kier alpha value is -0.860. The van der Waals surface area contributed by atoms with E-state index in [0.29, 0.717) is 5.92 Å². The van der Waals surface area contributed by atoms with Crippen molar-refractivity contribution < 1.29 is 14.3 Å². The normalized spacial score (nSPS) is 40.9. The molecule has 0 amide bonds. The van der Waals surface area contributed by atoms with Crippen molar-refractivity contribution in [3.8, 4) is 0 Å². The summed E-state index contributed by atoms with van der Waals surface area (Å²) in [7, 11) is 0. The van der Waals surface area contributed by atoms with Crippen LogP contribution < -0.4 is 0 Å². The van der Waals surface area contributed by atoms with Gasteiger partial charge >= 0.3 is 11.9 Å². The Kier molecular flexibility index (Phi) is 1.67. The van der Waals surface area contributed by atoms with Gasteiger partial charge in [0, 0.05) is 0 Å². The highest BCUT2D eigenvalue weighted by Crippen LogP contribution is 2.38. The van der Waals surface area contributed by atoms with E-state index in [0.717, 1.165) is 19.3 Å². The monoisotopic (exact) mass is 168 g/mol. The molecule has 0 N–H and O–H groups in total. The van der Waals surface area contributed by atoms with Crippen molar-refractivity contribution in [2.24, 2.45) is 17.8 Å². The first-order chi connectivity index (χ1) is 5.68. The Morgan fingerprint density at radius 1 is 1.17 bits per heavy atom. The zero-order valence-electron chi connectivity index (χ0n) is 7.08. The molecule has 12 heavy (non-hydrogen) atoms. The topological polar surface area (TPSA) is 43.4 Å². The molecular formula is C9H12O3.